The molecule has 1 atom stereocenters. The monoisotopic (exact) mass is 211 g/mol. The van der Waals surface area contributed by atoms with E-state index in [0.717, 1.165) is 25.7 Å². The minimum Gasteiger partial charge on any atom is -0.366 e. The predicted octanol–water partition coefficient (Wildman–Crippen LogP) is 0.961. The number of nitrogens with two attached hydrogens (primary N) is 1. The standard InChI is InChI=1S/C11H17NO3/c1-8(10(12)13)9-4-2-3-5-11(9)14-6-7-15-11/h9H,1-7H2,(H2,12,13). The molecule has 0 bridgehead atoms. The van der Waals surface area contributed by atoms with Crippen molar-refractivity contribution in [2.45, 2.75) is 31.5 Å². The van der Waals surface area contributed by atoms with Crippen LogP contribution in [0.25, 0.3) is 0 Å². The zero-order chi connectivity index (χ0) is 10.9. The summed E-state index contributed by atoms with van der Waals surface area (Å²) in [5, 5.41) is 0. The molecule has 15 heavy (non-hydrogen) atoms. The van der Waals surface area contributed by atoms with E-state index in [4.69, 9.17) is 15.2 Å². The number of rotatable bonds is 2. The van der Waals surface area contributed by atoms with Gasteiger partial charge >= 0.3 is 0 Å². The summed E-state index contributed by atoms with van der Waals surface area (Å²) in [5.74, 6) is -1.11. The molecule has 1 amide bonds. The largest absolute Gasteiger partial charge is 0.366 e. The maximum absolute atomic E-state index is 11.2. The van der Waals surface area contributed by atoms with Crippen LogP contribution in [-0.2, 0) is 14.3 Å². The van der Waals surface area contributed by atoms with Crippen molar-refractivity contribution in [3.63, 3.8) is 0 Å². The van der Waals surface area contributed by atoms with Gasteiger partial charge in [0.1, 0.15) is 0 Å². The highest BCUT2D eigenvalue weighted by Crippen LogP contribution is 2.43. The molecule has 1 spiro atoms. The molecule has 1 unspecified atom stereocenters. The molecular formula is C11H17NO3. The van der Waals surface area contributed by atoms with E-state index < -0.39 is 11.7 Å². The van der Waals surface area contributed by atoms with E-state index >= 15 is 0 Å². The molecular weight excluding hydrogens is 194 g/mol. The second kappa shape index (κ2) is 3.94. The number of primary amides is 1. The smallest absolute Gasteiger partial charge is 0.244 e. The third-order valence-electron chi connectivity index (χ3n) is 3.31. The summed E-state index contributed by atoms with van der Waals surface area (Å²) in [5.41, 5.74) is 5.71. The first-order chi connectivity index (χ1) is 7.16. The Morgan fingerprint density at radius 2 is 2.00 bits per heavy atom. The van der Waals surface area contributed by atoms with Gasteiger partial charge in [0, 0.05) is 17.9 Å². The molecule has 1 heterocycles. The van der Waals surface area contributed by atoms with Gasteiger partial charge in [-0.3, -0.25) is 4.79 Å². The molecule has 1 saturated heterocycles. The van der Waals surface area contributed by atoms with Crippen molar-refractivity contribution in [2.24, 2.45) is 11.7 Å². The van der Waals surface area contributed by atoms with Crippen LogP contribution in [0.5, 0.6) is 0 Å². The molecule has 2 aliphatic rings. The fourth-order valence-electron chi connectivity index (χ4n) is 2.54. The Bertz CT molecular complexity index is 282. The van der Waals surface area contributed by atoms with Gasteiger partial charge in [0.25, 0.3) is 0 Å². The van der Waals surface area contributed by atoms with Gasteiger partial charge < -0.3 is 15.2 Å². The Morgan fingerprint density at radius 3 is 2.60 bits per heavy atom. The molecule has 1 saturated carbocycles. The number of ether oxygens (including phenoxy) is 2. The lowest BCUT2D eigenvalue weighted by molar-refractivity contribution is -0.203. The Labute approximate surface area is 89.4 Å². The van der Waals surface area contributed by atoms with Gasteiger partial charge in [-0.05, 0) is 12.8 Å². The zero-order valence-electron chi connectivity index (χ0n) is 8.83. The molecule has 84 valence electrons. The molecule has 0 radical (unpaired) electrons. The van der Waals surface area contributed by atoms with Crippen LogP contribution >= 0.6 is 0 Å². The van der Waals surface area contributed by atoms with Crippen LogP contribution in [0.4, 0.5) is 0 Å². The summed E-state index contributed by atoms with van der Waals surface area (Å²) in [4.78, 5) is 11.2. The first-order valence-electron chi connectivity index (χ1n) is 5.42. The highest BCUT2D eigenvalue weighted by atomic mass is 16.7. The Morgan fingerprint density at radius 1 is 1.33 bits per heavy atom. The van der Waals surface area contributed by atoms with E-state index in [-0.39, 0.29) is 5.92 Å². The van der Waals surface area contributed by atoms with Crippen molar-refractivity contribution < 1.29 is 14.3 Å². The van der Waals surface area contributed by atoms with Crippen molar-refractivity contribution >= 4 is 5.91 Å². The van der Waals surface area contributed by atoms with Gasteiger partial charge in [-0.2, -0.15) is 0 Å². The zero-order valence-corrected chi connectivity index (χ0v) is 8.83. The average Bonchev–Trinajstić information content (AvgIpc) is 2.67. The molecule has 0 aromatic rings. The summed E-state index contributed by atoms with van der Waals surface area (Å²) in [6.07, 6.45) is 3.86. The van der Waals surface area contributed by atoms with Crippen LogP contribution in [0.2, 0.25) is 0 Å². The molecule has 2 rings (SSSR count). The van der Waals surface area contributed by atoms with E-state index in [1.54, 1.807) is 0 Å². The van der Waals surface area contributed by atoms with E-state index in [1.165, 1.54) is 0 Å². The van der Waals surface area contributed by atoms with Crippen molar-refractivity contribution in [3.8, 4) is 0 Å². The van der Waals surface area contributed by atoms with Gasteiger partial charge in [0.15, 0.2) is 5.79 Å². The minimum absolute atomic E-state index is 0.0637. The molecule has 0 aromatic heterocycles. The van der Waals surface area contributed by atoms with Crippen molar-refractivity contribution in [2.75, 3.05) is 13.2 Å². The van der Waals surface area contributed by atoms with Crippen LogP contribution in [0.3, 0.4) is 0 Å². The van der Waals surface area contributed by atoms with E-state index in [9.17, 15) is 4.79 Å². The number of carbonyl (C=O) groups excluding carboxylic acids is 1. The normalized spacial score (nSPS) is 29.2. The lowest BCUT2D eigenvalue weighted by Crippen LogP contribution is -2.44. The molecule has 4 nitrogen and oxygen atoms in total. The van der Waals surface area contributed by atoms with E-state index in [2.05, 4.69) is 6.58 Å². The van der Waals surface area contributed by atoms with Crippen molar-refractivity contribution in [1.29, 1.82) is 0 Å². The summed E-state index contributed by atoms with van der Waals surface area (Å²) in [6, 6.07) is 0. The number of hydrogen-bond donors (Lipinski definition) is 1. The van der Waals surface area contributed by atoms with Crippen LogP contribution in [0.15, 0.2) is 12.2 Å². The Hall–Kier alpha value is -0.870. The minimum atomic E-state index is -0.607. The Balaban J connectivity index is 2.19. The first-order valence-corrected chi connectivity index (χ1v) is 5.42. The van der Waals surface area contributed by atoms with Crippen LogP contribution in [0.1, 0.15) is 25.7 Å². The number of amides is 1. The van der Waals surface area contributed by atoms with Crippen LogP contribution in [-0.4, -0.2) is 24.9 Å². The highest BCUT2D eigenvalue weighted by molar-refractivity contribution is 5.92. The molecule has 0 aromatic carbocycles. The molecule has 2 fully saturated rings. The fraction of sp³-hybridized carbons (Fsp3) is 0.727. The quantitative estimate of drug-likeness (QED) is 0.692. The SMILES string of the molecule is C=C(C(N)=O)C1CCCCC12OCCO2. The van der Waals surface area contributed by atoms with Gasteiger partial charge in [-0.25, -0.2) is 0 Å². The molecule has 1 aliphatic carbocycles. The Kier molecular flexibility index (Phi) is 2.80. The molecule has 4 heteroatoms. The van der Waals surface area contributed by atoms with Gasteiger partial charge in [0.05, 0.1) is 13.2 Å². The third kappa shape index (κ3) is 1.79. The van der Waals surface area contributed by atoms with Crippen molar-refractivity contribution in [3.05, 3.63) is 12.2 Å². The van der Waals surface area contributed by atoms with E-state index in [0.29, 0.717) is 18.8 Å². The maximum Gasteiger partial charge on any atom is 0.244 e. The summed E-state index contributed by atoms with van der Waals surface area (Å²) < 4.78 is 11.3. The van der Waals surface area contributed by atoms with E-state index in [1.807, 2.05) is 0 Å². The second-order valence-corrected chi connectivity index (χ2v) is 4.20. The van der Waals surface area contributed by atoms with Gasteiger partial charge in [0.2, 0.25) is 5.91 Å². The third-order valence-corrected chi connectivity index (χ3v) is 3.31. The lowest BCUT2D eigenvalue weighted by Gasteiger charge is -2.39. The summed E-state index contributed by atoms with van der Waals surface area (Å²) in [6.45, 7) is 4.96. The molecule has 1 aliphatic heterocycles. The highest BCUT2D eigenvalue weighted by Gasteiger charge is 2.47. The number of hydrogen-bond acceptors (Lipinski definition) is 3. The number of carbonyl (C=O) groups is 1. The van der Waals surface area contributed by atoms with Gasteiger partial charge in [-0.1, -0.05) is 13.0 Å². The second-order valence-electron chi connectivity index (χ2n) is 4.20. The average molecular weight is 211 g/mol. The molecule has 2 N–H and O–H groups in total. The first kappa shape index (κ1) is 10.6. The van der Waals surface area contributed by atoms with Crippen molar-refractivity contribution in [1.82, 2.24) is 0 Å². The lowest BCUT2D eigenvalue weighted by atomic mass is 9.78. The summed E-state index contributed by atoms with van der Waals surface area (Å²) in [7, 11) is 0. The summed E-state index contributed by atoms with van der Waals surface area (Å²) >= 11 is 0. The van der Waals surface area contributed by atoms with Crippen LogP contribution in [0, 0.1) is 5.92 Å². The maximum atomic E-state index is 11.2. The van der Waals surface area contributed by atoms with Gasteiger partial charge in [-0.15, -0.1) is 0 Å². The topological polar surface area (TPSA) is 61.6 Å². The fourth-order valence-corrected chi connectivity index (χ4v) is 2.54. The van der Waals surface area contributed by atoms with Crippen LogP contribution < -0.4 is 5.73 Å². The predicted molar refractivity (Wildman–Crippen MR) is 54.9 cm³/mol.